The summed E-state index contributed by atoms with van der Waals surface area (Å²) in [5.74, 6) is 2.03. The quantitative estimate of drug-likeness (QED) is 0.0994. The maximum atomic E-state index is 12.4. The number of hydrazone groups is 1. The molecule has 0 aliphatic heterocycles. The lowest BCUT2D eigenvalue weighted by atomic mass is 10.2. The van der Waals surface area contributed by atoms with Crippen molar-refractivity contribution < 1.29 is 18.7 Å². The van der Waals surface area contributed by atoms with Crippen LogP contribution in [-0.4, -0.2) is 54.7 Å². The molecule has 0 saturated carbocycles. The number of amides is 1. The lowest BCUT2D eigenvalue weighted by Gasteiger charge is -2.07. The third-order valence-corrected chi connectivity index (χ3v) is 6.64. The fourth-order valence-corrected chi connectivity index (χ4v) is 4.47. The van der Waals surface area contributed by atoms with E-state index in [1.165, 1.54) is 18.0 Å². The molecule has 0 atom stereocenters. The number of furan rings is 1. The molecule has 13 heteroatoms. The van der Waals surface area contributed by atoms with Crippen molar-refractivity contribution in [1.82, 2.24) is 35.2 Å². The van der Waals surface area contributed by atoms with Crippen molar-refractivity contribution >= 4 is 34.9 Å². The Kier molecular flexibility index (Phi) is 8.51. The van der Waals surface area contributed by atoms with Crippen LogP contribution in [0.2, 0.25) is 0 Å². The lowest BCUT2D eigenvalue weighted by molar-refractivity contribution is -0.118. The van der Waals surface area contributed by atoms with Gasteiger partial charge in [0, 0.05) is 12.6 Å². The summed E-state index contributed by atoms with van der Waals surface area (Å²) in [6.45, 7) is 5.03. The fourth-order valence-electron chi connectivity index (χ4n) is 3.71. The number of aromatic nitrogens is 6. The SMILES string of the molecule is C=CCn1c(Cn2nnc3ccccc32)nnc1SCC(=O)N/N=C/c1ccc(OCc2ccc(OC)cc2)o1. The number of hydrogen-bond acceptors (Lipinski definition) is 10. The van der Waals surface area contributed by atoms with E-state index in [2.05, 4.69) is 37.6 Å². The third-order valence-electron chi connectivity index (χ3n) is 5.67. The molecule has 5 rings (SSSR count). The van der Waals surface area contributed by atoms with E-state index in [0.29, 0.717) is 42.4 Å². The Balaban J connectivity index is 1.11. The van der Waals surface area contributed by atoms with E-state index >= 15 is 0 Å². The molecule has 5 aromatic rings. The molecule has 12 nitrogen and oxygen atoms in total. The number of hydrogen-bond donors (Lipinski definition) is 1. The average Bonchev–Trinajstić information content (AvgIpc) is 3.71. The van der Waals surface area contributed by atoms with Gasteiger partial charge in [0.05, 0.1) is 24.6 Å². The molecule has 0 bridgehead atoms. The maximum absolute atomic E-state index is 12.4. The largest absolute Gasteiger partial charge is 0.497 e. The van der Waals surface area contributed by atoms with Gasteiger partial charge in [0.2, 0.25) is 0 Å². The molecule has 2 aromatic carbocycles. The molecule has 0 saturated heterocycles. The first-order valence-electron chi connectivity index (χ1n) is 12.2. The van der Waals surface area contributed by atoms with Crippen molar-refractivity contribution in [3.05, 3.63) is 90.5 Å². The molecular formula is C27H26N8O4S. The van der Waals surface area contributed by atoms with Crippen LogP contribution in [0.3, 0.4) is 0 Å². The molecule has 3 aromatic heterocycles. The summed E-state index contributed by atoms with van der Waals surface area (Å²) in [5, 5.41) is 21.5. The topological polar surface area (TPSA) is 134 Å². The first-order valence-corrected chi connectivity index (χ1v) is 13.2. The Labute approximate surface area is 233 Å². The van der Waals surface area contributed by atoms with Gasteiger partial charge in [-0.3, -0.25) is 4.79 Å². The highest BCUT2D eigenvalue weighted by atomic mass is 32.2. The van der Waals surface area contributed by atoms with E-state index in [4.69, 9.17) is 13.9 Å². The number of carbonyl (C=O) groups is 1. The molecule has 0 aliphatic carbocycles. The molecule has 0 spiro atoms. The van der Waals surface area contributed by atoms with Gasteiger partial charge < -0.3 is 18.5 Å². The van der Waals surface area contributed by atoms with Crippen molar-refractivity contribution in [2.75, 3.05) is 12.9 Å². The number of benzene rings is 2. The van der Waals surface area contributed by atoms with Crippen molar-refractivity contribution in [2.45, 2.75) is 24.9 Å². The van der Waals surface area contributed by atoms with Crippen LogP contribution in [-0.2, 0) is 24.5 Å². The van der Waals surface area contributed by atoms with Crippen LogP contribution in [0.5, 0.6) is 11.7 Å². The zero-order chi connectivity index (χ0) is 27.7. The number of methoxy groups -OCH3 is 1. The molecule has 3 heterocycles. The predicted octanol–water partition coefficient (Wildman–Crippen LogP) is 3.68. The normalized spacial score (nSPS) is 11.2. The Hall–Kier alpha value is -4.91. The lowest BCUT2D eigenvalue weighted by Crippen LogP contribution is -2.20. The number of thioether (sulfide) groups is 1. The van der Waals surface area contributed by atoms with Crippen LogP contribution in [0.4, 0.5) is 0 Å². The van der Waals surface area contributed by atoms with Crippen LogP contribution in [0.15, 0.2) is 88.0 Å². The molecule has 0 fully saturated rings. The summed E-state index contributed by atoms with van der Waals surface area (Å²) < 4.78 is 20.0. The Morgan fingerprint density at radius 3 is 2.80 bits per heavy atom. The standard InChI is InChI=1S/C27H26N8O4S/c1-3-14-34-24(16-35-23-7-5-4-6-22(23)29-33-35)30-32-27(34)40-18-25(36)31-28-15-21-12-13-26(39-21)38-17-19-8-10-20(37-2)11-9-19/h3-13,15H,1,14,16-18H2,2H3,(H,31,36)/b28-15+. The monoisotopic (exact) mass is 558 g/mol. The van der Waals surface area contributed by atoms with E-state index in [-0.39, 0.29) is 11.7 Å². The smallest absolute Gasteiger partial charge is 0.285 e. The second-order valence-corrected chi connectivity index (χ2v) is 9.35. The second-order valence-electron chi connectivity index (χ2n) is 8.41. The Morgan fingerprint density at radius 1 is 1.12 bits per heavy atom. The Morgan fingerprint density at radius 2 is 1.98 bits per heavy atom. The van der Waals surface area contributed by atoms with Gasteiger partial charge in [-0.15, -0.1) is 21.9 Å². The van der Waals surface area contributed by atoms with Crippen molar-refractivity contribution in [1.29, 1.82) is 0 Å². The number of fused-ring (bicyclic) bond motifs is 1. The van der Waals surface area contributed by atoms with Crippen LogP contribution in [0, 0.1) is 0 Å². The minimum absolute atomic E-state index is 0.0905. The van der Waals surface area contributed by atoms with Crippen molar-refractivity contribution in [3.8, 4) is 11.7 Å². The summed E-state index contributed by atoms with van der Waals surface area (Å²) in [6, 6.07) is 18.6. The van der Waals surface area contributed by atoms with Crippen LogP contribution >= 0.6 is 11.8 Å². The summed E-state index contributed by atoms with van der Waals surface area (Å²) >= 11 is 1.25. The van der Waals surface area contributed by atoms with Crippen LogP contribution in [0.25, 0.3) is 11.0 Å². The average molecular weight is 559 g/mol. The number of nitrogens with one attached hydrogen (secondary N) is 1. The molecule has 40 heavy (non-hydrogen) atoms. The molecule has 1 N–H and O–H groups in total. The van der Waals surface area contributed by atoms with Gasteiger partial charge in [0.15, 0.2) is 16.7 Å². The van der Waals surface area contributed by atoms with Crippen molar-refractivity contribution in [3.63, 3.8) is 0 Å². The first-order chi connectivity index (χ1) is 19.6. The van der Waals surface area contributed by atoms with Gasteiger partial charge in [0.1, 0.15) is 24.4 Å². The van der Waals surface area contributed by atoms with Crippen LogP contribution in [0.1, 0.15) is 17.1 Å². The van der Waals surface area contributed by atoms with Gasteiger partial charge in [-0.1, -0.05) is 47.3 Å². The predicted molar refractivity (Wildman–Crippen MR) is 149 cm³/mol. The summed E-state index contributed by atoms with van der Waals surface area (Å²) in [6.07, 6.45) is 3.16. The zero-order valence-corrected chi connectivity index (χ0v) is 22.5. The summed E-state index contributed by atoms with van der Waals surface area (Å²) in [7, 11) is 1.62. The van der Waals surface area contributed by atoms with E-state index in [1.807, 2.05) is 53.1 Å². The zero-order valence-electron chi connectivity index (χ0n) is 21.6. The molecule has 1 amide bonds. The highest BCUT2D eigenvalue weighted by Gasteiger charge is 2.15. The second kappa shape index (κ2) is 12.8. The molecular weight excluding hydrogens is 532 g/mol. The Bertz CT molecular complexity index is 1620. The minimum Gasteiger partial charge on any atom is -0.497 e. The van der Waals surface area contributed by atoms with E-state index in [9.17, 15) is 4.79 Å². The van der Waals surface area contributed by atoms with Gasteiger partial charge >= 0.3 is 0 Å². The number of carbonyl (C=O) groups excluding carboxylic acids is 1. The van der Waals surface area contributed by atoms with E-state index in [0.717, 1.165) is 22.3 Å². The summed E-state index contributed by atoms with van der Waals surface area (Å²) in [4.78, 5) is 12.4. The number of nitrogens with zero attached hydrogens (tertiary/aromatic N) is 7. The summed E-state index contributed by atoms with van der Waals surface area (Å²) in [5.41, 5.74) is 5.16. The first kappa shape index (κ1) is 26.7. The van der Waals surface area contributed by atoms with Gasteiger partial charge in [-0.25, -0.2) is 10.1 Å². The molecule has 204 valence electrons. The fraction of sp³-hybridized carbons (Fsp3) is 0.185. The van der Waals surface area contributed by atoms with Gasteiger partial charge in [-0.2, -0.15) is 5.10 Å². The molecule has 0 radical (unpaired) electrons. The minimum atomic E-state index is -0.305. The van der Waals surface area contributed by atoms with Gasteiger partial charge in [-0.05, 0) is 35.9 Å². The number of para-hydroxylation sites is 1. The highest BCUT2D eigenvalue weighted by molar-refractivity contribution is 7.99. The number of ether oxygens (including phenoxy) is 2. The third kappa shape index (κ3) is 6.56. The molecule has 0 unspecified atom stereocenters. The number of rotatable bonds is 13. The van der Waals surface area contributed by atoms with E-state index < -0.39 is 0 Å². The molecule has 0 aliphatic rings. The van der Waals surface area contributed by atoms with E-state index in [1.54, 1.807) is 30.0 Å². The van der Waals surface area contributed by atoms with Gasteiger partial charge in [0.25, 0.3) is 11.9 Å². The van der Waals surface area contributed by atoms with Crippen LogP contribution < -0.4 is 14.9 Å². The number of allylic oxidation sites excluding steroid dienone is 1. The van der Waals surface area contributed by atoms with Crippen molar-refractivity contribution in [2.24, 2.45) is 5.10 Å². The maximum Gasteiger partial charge on any atom is 0.285 e. The highest BCUT2D eigenvalue weighted by Crippen LogP contribution is 2.20.